The Morgan fingerprint density at radius 1 is 1.07 bits per heavy atom. The Labute approximate surface area is 164 Å². The van der Waals surface area contributed by atoms with Crippen LogP contribution in [0.25, 0.3) is 0 Å². The zero-order valence-corrected chi connectivity index (χ0v) is 16.3. The second kappa shape index (κ2) is 10.7. The summed E-state index contributed by atoms with van der Waals surface area (Å²) in [6, 6.07) is 16.7. The number of nitrogens with one attached hydrogen (secondary N) is 2. The highest BCUT2D eigenvalue weighted by Crippen LogP contribution is 2.12. The van der Waals surface area contributed by atoms with Crippen molar-refractivity contribution < 1.29 is 19.1 Å². The molecule has 0 fully saturated rings. The van der Waals surface area contributed by atoms with Gasteiger partial charge in [-0.05, 0) is 37.1 Å². The lowest BCUT2D eigenvalue weighted by molar-refractivity contribution is -0.120. The van der Waals surface area contributed by atoms with E-state index in [4.69, 9.17) is 9.47 Å². The molecular formula is C21H25N3O4. The molecule has 7 heteroatoms. The predicted octanol–water partition coefficient (Wildman–Crippen LogP) is 3.56. The molecule has 28 heavy (non-hydrogen) atoms. The summed E-state index contributed by atoms with van der Waals surface area (Å²) < 4.78 is 10.2. The molecule has 2 rings (SSSR count). The second-order valence-electron chi connectivity index (χ2n) is 6.26. The molecule has 0 bridgehead atoms. The zero-order chi connectivity index (χ0) is 20.4. The molecule has 0 aliphatic heterocycles. The number of hydrazone groups is 1. The smallest absolute Gasteiger partial charge is 0.428 e. The van der Waals surface area contributed by atoms with E-state index in [1.807, 2.05) is 37.3 Å². The first-order chi connectivity index (χ1) is 13.5. The summed E-state index contributed by atoms with van der Waals surface area (Å²) in [6.45, 7) is 3.69. The van der Waals surface area contributed by atoms with E-state index in [1.54, 1.807) is 38.3 Å². The van der Waals surface area contributed by atoms with Crippen molar-refractivity contribution in [1.82, 2.24) is 10.7 Å². The van der Waals surface area contributed by atoms with Gasteiger partial charge in [-0.3, -0.25) is 4.79 Å². The van der Waals surface area contributed by atoms with Crippen molar-refractivity contribution in [2.24, 2.45) is 5.10 Å². The van der Waals surface area contributed by atoms with Gasteiger partial charge in [-0.1, -0.05) is 42.5 Å². The maximum atomic E-state index is 12.1. The first-order valence-corrected chi connectivity index (χ1v) is 8.91. The van der Waals surface area contributed by atoms with Gasteiger partial charge >= 0.3 is 6.09 Å². The monoisotopic (exact) mass is 383 g/mol. The molecule has 2 aromatic rings. The van der Waals surface area contributed by atoms with Crippen molar-refractivity contribution in [3.05, 3.63) is 65.7 Å². The number of rotatable bonds is 8. The Balaban J connectivity index is 1.73. The SMILES string of the molecule is COc1ccc(COC(=O)N/N=C(\C)CC(=O)NC(C)c2ccccc2)cc1. The summed E-state index contributed by atoms with van der Waals surface area (Å²) >= 11 is 0. The summed E-state index contributed by atoms with van der Waals surface area (Å²) in [5, 5.41) is 6.79. The quantitative estimate of drug-likeness (QED) is 0.539. The van der Waals surface area contributed by atoms with E-state index in [0.29, 0.717) is 5.71 Å². The maximum Gasteiger partial charge on any atom is 0.428 e. The van der Waals surface area contributed by atoms with E-state index in [-0.39, 0.29) is 25.0 Å². The molecule has 2 amide bonds. The third-order valence-corrected chi connectivity index (χ3v) is 3.96. The lowest BCUT2D eigenvalue weighted by atomic mass is 10.1. The number of carbonyl (C=O) groups is 2. The van der Waals surface area contributed by atoms with Crippen LogP contribution in [0.3, 0.4) is 0 Å². The summed E-state index contributed by atoms with van der Waals surface area (Å²) in [7, 11) is 1.59. The van der Waals surface area contributed by atoms with Crippen LogP contribution in [0, 0.1) is 0 Å². The number of carbonyl (C=O) groups excluding carboxylic acids is 2. The fourth-order valence-electron chi connectivity index (χ4n) is 2.43. The minimum atomic E-state index is -0.687. The van der Waals surface area contributed by atoms with Crippen molar-refractivity contribution in [3.63, 3.8) is 0 Å². The van der Waals surface area contributed by atoms with Gasteiger partial charge in [0.1, 0.15) is 12.4 Å². The lowest BCUT2D eigenvalue weighted by Gasteiger charge is -2.14. The van der Waals surface area contributed by atoms with Gasteiger partial charge in [-0.2, -0.15) is 5.10 Å². The average molecular weight is 383 g/mol. The number of methoxy groups -OCH3 is 1. The van der Waals surface area contributed by atoms with Crippen LogP contribution in [0.1, 0.15) is 37.4 Å². The van der Waals surface area contributed by atoms with E-state index in [0.717, 1.165) is 16.9 Å². The molecule has 0 saturated heterocycles. The van der Waals surface area contributed by atoms with Gasteiger partial charge in [0.15, 0.2) is 0 Å². The van der Waals surface area contributed by atoms with Crippen LogP contribution in [0.4, 0.5) is 4.79 Å². The topological polar surface area (TPSA) is 89.0 Å². The standard InChI is InChI=1S/C21H25N3O4/c1-15(13-20(25)22-16(2)18-7-5-4-6-8-18)23-24-21(26)28-14-17-9-11-19(27-3)12-10-17/h4-12,16H,13-14H2,1-3H3,(H,22,25)(H,24,26)/b23-15+. The first kappa shape index (κ1) is 21.0. The van der Waals surface area contributed by atoms with Gasteiger partial charge in [0.2, 0.25) is 5.91 Å². The fourth-order valence-corrected chi connectivity index (χ4v) is 2.43. The summed E-state index contributed by atoms with van der Waals surface area (Å²) in [5.74, 6) is 0.555. The Bertz CT molecular complexity index is 804. The Kier molecular flexibility index (Phi) is 8.02. The van der Waals surface area contributed by atoms with Crippen molar-refractivity contribution >= 4 is 17.7 Å². The molecule has 0 aliphatic carbocycles. The number of hydrogen-bond acceptors (Lipinski definition) is 5. The molecule has 0 heterocycles. The van der Waals surface area contributed by atoms with Crippen LogP contribution < -0.4 is 15.5 Å². The van der Waals surface area contributed by atoms with Crippen LogP contribution in [0.2, 0.25) is 0 Å². The summed E-state index contributed by atoms with van der Waals surface area (Å²) in [4.78, 5) is 23.8. The van der Waals surface area contributed by atoms with Gasteiger partial charge in [0.25, 0.3) is 0 Å². The molecule has 2 N–H and O–H groups in total. The molecule has 1 atom stereocenters. The fraction of sp³-hybridized carbons (Fsp3) is 0.286. The van der Waals surface area contributed by atoms with Crippen LogP contribution in [0.15, 0.2) is 59.7 Å². The Morgan fingerprint density at radius 3 is 2.39 bits per heavy atom. The highest BCUT2D eigenvalue weighted by atomic mass is 16.6. The Morgan fingerprint density at radius 2 is 1.75 bits per heavy atom. The number of amides is 2. The minimum absolute atomic E-state index is 0.0793. The van der Waals surface area contributed by atoms with E-state index in [9.17, 15) is 9.59 Å². The molecule has 0 aromatic heterocycles. The van der Waals surface area contributed by atoms with Gasteiger partial charge in [0, 0.05) is 5.71 Å². The molecule has 0 radical (unpaired) electrons. The number of hydrogen-bond donors (Lipinski definition) is 2. The molecule has 2 aromatic carbocycles. The normalized spacial score (nSPS) is 12.0. The van der Waals surface area contributed by atoms with Crippen molar-refractivity contribution in [3.8, 4) is 5.75 Å². The lowest BCUT2D eigenvalue weighted by Crippen LogP contribution is -2.29. The van der Waals surface area contributed by atoms with Crippen molar-refractivity contribution in [2.75, 3.05) is 7.11 Å². The second-order valence-corrected chi connectivity index (χ2v) is 6.26. The van der Waals surface area contributed by atoms with Gasteiger partial charge in [0.05, 0.1) is 19.6 Å². The van der Waals surface area contributed by atoms with Gasteiger partial charge in [-0.15, -0.1) is 0 Å². The van der Waals surface area contributed by atoms with Crippen molar-refractivity contribution in [2.45, 2.75) is 32.9 Å². The van der Waals surface area contributed by atoms with Crippen LogP contribution in [-0.4, -0.2) is 24.8 Å². The van der Waals surface area contributed by atoms with Crippen molar-refractivity contribution in [1.29, 1.82) is 0 Å². The number of nitrogens with zero attached hydrogens (tertiary/aromatic N) is 1. The van der Waals surface area contributed by atoms with Gasteiger partial charge < -0.3 is 14.8 Å². The van der Waals surface area contributed by atoms with Gasteiger partial charge in [-0.25, -0.2) is 10.2 Å². The largest absolute Gasteiger partial charge is 0.497 e. The third kappa shape index (κ3) is 7.11. The number of benzene rings is 2. The van der Waals surface area contributed by atoms with E-state index in [1.165, 1.54) is 0 Å². The molecule has 0 saturated carbocycles. The predicted molar refractivity (Wildman–Crippen MR) is 107 cm³/mol. The molecule has 0 spiro atoms. The van der Waals surface area contributed by atoms with Crippen LogP contribution >= 0.6 is 0 Å². The maximum absolute atomic E-state index is 12.1. The molecule has 148 valence electrons. The van der Waals surface area contributed by atoms with Crippen LogP contribution in [0.5, 0.6) is 5.75 Å². The summed E-state index contributed by atoms with van der Waals surface area (Å²) in [6.07, 6.45) is -0.608. The van der Waals surface area contributed by atoms with E-state index >= 15 is 0 Å². The highest BCUT2D eigenvalue weighted by molar-refractivity contribution is 6.00. The molecule has 1 unspecified atom stereocenters. The minimum Gasteiger partial charge on any atom is -0.497 e. The number of ether oxygens (including phenoxy) is 2. The Hall–Kier alpha value is -3.35. The molecular weight excluding hydrogens is 358 g/mol. The molecule has 7 nitrogen and oxygen atoms in total. The highest BCUT2D eigenvalue weighted by Gasteiger charge is 2.10. The van der Waals surface area contributed by atoms with E-state index < -0.39 is 6.09 Å². The zero-order valence-electron chi connectivity index (χ0n) is 16.3. The molecule has 0 aliphatic rings. The van der Waals surface area contributed by atoms with E-state index in [2.05, 4.69) is 15.8 Å². The van der Waals surface area contributed by atoms with Crippen LogP contribution in [-0.2, 0) is 16.1 Å². The summed E-state index contributed by atoms with van der Waals surface area (Å²) in [5.41, 5.74) is 4.60. The third-order valence-electron chi connectivity index (χ3n) is 3.96. The first-order valence-electron chi connectivity index (χ1n) is 8.91. The average Bonchev–Trinajstić information content (AvgIpc) is 2.71.